The van der Waals surface area contributed by atoms with Gasteiger partial charge in [-0.1, -0.05) is 0 Å². The normalized spacial score (nSPS) is 13.2. The summed E-state index contributed by atoms with van der Waals surface area (Å²) in [5.74, 6) is -0.602. The Balaban J connectivity index is 1.77. The Morgan fingerprint density at radius 1 is 1.29 bits per heavy atom. The van der Waals surface area contributed by atoms with E-state index in [9.17, 15) is 9.59 Å². The van der Waals surface area contributed by atoms with Crippen molar-refractivity contribution in [1.82, 2.24) is 14.8 Å². The van der Waals surface area contributed by atoms with Gasteiger partial charge in [-0.25, -0.2) is 19.3 Å². The van der Waals surface area contributed by atoms with Gasteiger partial charge in [0.15, 0.2) is 0 Å². The first-order valence-electron chi connectivity index (χ1n) is 7.70. The molecule has 0 atom stereocenters. The fourth-order valence-electron chi connectivity index (χ4n) is 3.16. The SMILES string of the molecule is COC(=O)c1ncn(Cc2cc(=O)oc3cc4c(cc23)CCC4)n1. The van der Waals surface area contributed by atoms with E-state index in [1.807, 2.05) is 6.07 Å². The average Bonchev–Trinajstić information content (AvgIpc) is 3.21. The molecule has 2 heterocycles. The minimum atomic E-state index is -0.594. The summed E-state index contributed by atoms with van der Waals surface area (Å²) in [4.78, 5) is 27.2. The van der Waals surface area contributed by atoms with Crippen molar-refractivity contribution in [1.29, 1.82) is 0 Å². The van der Waals surface area contributed by atoms with Crippen molar-refractivity contribution in [2.24, 2.45) is 0 Å². The van der Waals surface area contributed by atoms with Gasteiger partial charge in [-0.3, -0.25) is 0 Å². The van der Waals surface area contributed by atoms with Gasteiger partial charge in [-0.15, -0.1) is 5.10 Å². The molecule has 0 radical (unpaired) electrons. The number of hydrogen-bond donors (Lipinski definition) is 0. The van der Waals surface area contributed by atoms with Gasteiger partial charge in [-0.2, -0.15) is 0 Å². The number of ether oxygens (including phenoxy) is 1. The van der Waals surface area contributed by atoms with E-state index < -0.39 is 11.6 Å². The molecule has 0 saturated heterocycles. The molecular weight excluding hydrogens is 310 g/mol. The Labute approximate surface area is 136 Å². The van der Waals surface area contributed by atoms with Crippen LogP contribution in [0.2, 0.25) is 0 Å². The summed E-state index contributed by atoms with van der Waals surface area (Å²) in [6, 6.07) is 5.51. The molecule has 0 amide bonds. The van der Waals surface area contributed by atoms with E-state index in [1.165, 1.54) is 35.3 Å². The number of carbonyl (C=O) groups is 1. The van der Waals surface area contributed by atoms with Gasteiger partial charge in [0, 0.05) is 11.5 Å². The maximum Gasteiger partial charge on any atom is 0.377 e. The molecule has 0 unspecified atom stereocenters. The summed E-state index contributed by atoms with van der Waals surface area (Å²) < 4.78 is 11.5. The highest BCUT2D eigenvalue weighted by molar-refractivity contribution is 5.84. The smallest absolute Gasteiger partial charge is 0.377 e. The number of esters is 1. The minimum Gasteiger partial charge on any atom is -0.463 e. The highest BCUT2D eigenvalue weighted by Gasteiger charge is 2.16. The molecule has 0 spiro atoms. The number of aromatic nitrogens is 3. The van der Waals surface area contributed by atoms with E-state index in [2.05, 4.69) is 20.9 Å². The maximum atomic E-state index is 11.9. The number of hydrogen-bond acceptors (Lipinski definition) is 6. The number of carbonyl (C=O) groups excluding carboxylic acids is 1. The van der Waals surface area contributed by atoms with Gasteiger partial charge < -0.3 is 9.15 Å². The molecule has 1 aliphatic carbocycles. The van der Waals surface area contributed by atoms with Crippen molar-refractivity contribution in [3.05, 3.63) is 57.5 Å². The molecule has 0 N–H and O–H groups in total. The second-order valence-electron chi connectivity index (χ2n) is 5.82. The van der Waals surface area contributed by atoms with Crippen molar-refractivity contribution in [2.45, 2.75) is 25.8 Å². The van der Waals surface area contributed by atoms with Crippen molar-refractivity contribution < 1.29 is 13.9 Å². The molecule has 2 aromatic heterocycles. The van der Waals surface area contributed by atoms with E-state index in [1.54, 1.807) is 0 Å². The third kappa shape index (κ3) is 2.47. The van der Waals surface area contributed by atoms with E-state index >= 15 is 0 Å². The molecule has 0 aliphatic heterocycles. The molecule has 1 aromatic carbocycles. The van der Waals surface area contributed by atoms with Crippen LogP contribution in [0.1, 0.15) is 33.7 Å². The van der Waals surface area contributed by atoms with Gasteiger partial charge in [-0.05, 0) is 48.1 Å². The molecule has 122 valence electrons. The van der Waals surface area contributed by atoms with Gasteiger partial charge in [0.1, 0.15) is 11.9 Å². The highest BCUT2D eigenvalue weighted by Crippen LogP contribution is 2.28. The van der Waals surface area contributed by atoms with Crippen LogP contribution in [0.15, 0.2) is 33.7 Å². The van der Waals surface area contributed by atoms with Crippen LogP contribution < -0.4 is 5.63 Å². The van der Waals surface area contributed by atoms with E-state index in [-0.39, 0.29) is 5.82 Å². The van der Waals surface area contributed by atoms with Crippen LogP contribution in [-0.4, -0.2) is 27.8 Å². The first-order chi connectivity index (χ1) is 11.6. The summed E-state index contributed by atoms with van der Waals surface area (Å²) in [5.41, 5.74) is 3.52. The fourth-order valence-corrected chi connectivity index (χ4v) is 3.16. The lowest BCUT2D eigenvalue weighted by molar-refractivity contribution is 0.0586. The van der Waals surface area contributed by atoms with Crippen molar-refractivity contribution in [3.8, 4) is 0 Å². The second-order valence-corrected chi connectivity index (χ2v) is 5.82. The predicted octanol–water partition coefficient (Wildman–Crippen LogP) is 1.71. The predicted molar refractivity (Wildman–Crippen MR) is 85.0 cm³/mol. The Kier molecular flexibility index (Phi) is 3.41. The molecule has 1 aliphatic rings. The van der Waals surface area contributed by atoms with Crippen LogP contribution >= 0.6 is 0 Å². The zero-order valence-electron chi connectivity index (χ0n) is 13.1. The average molecular weight is 325 g/mol. The Morgan fingerprint density at radius 2 is 2.08 bits per heavy atom. The number of nitrogens with zero attached hydrogens (tertiary/aromatic N) is 3. The zero-order chi connectivity index (χ0) is 16.7. The number of methoxy groups -OCH3 is 1. The third-order valence-electron chi connectivity index (χ3n) is 4.28. The van der Waals surface area contributed by atoms with Crippen LogP contribution in [0.5, 0.6) is 0 Å². The lowest BCUT2D eigenvalue weighted by Gasteiger charge is -2.08. The molecule has 0 fully saturated rings. The molecular formula is C17H15N3O4. The zero-order valence-corrected chi connectivity index (χ0v) is 13.1. The highest BCUT2D eigenvalue weighted by atomic mass is 16.5. The van der Waals surface area contributed by atoms with E-state index in [4.69, 9.17) is 4.42 Å². The summed E-state index contributed by atoms with van der Waals surface area (Å²) in [7, 11) is 1.28. The van der Waals surface area contributed by atoms with Crippen LogP contribution in [-0.2, 0) is 24.1 Å². The van der Waals surface area contributed by atoms with E-state index in [0.717, 1.165) is 30.2 Å². The monoisotopic (exact) mass is 325 g/mol. The van der Waals surface area contributed by atoms with Gasteiger partial charge >= 0.3 is 11.6 Å². The van der Waals surface area contributed by atoms with Gasteiger partial charge in [0.05, 0.1) is 13.7 Å². The quantitative estimate of drug-likeness (QED) is 0.538. The lowest BCUT2D eigenvalue weighted by atomic mass is 10.0. The lowest BCUT2D eigenvalue weighted by Crippen LogP contribution is -2.09. The molecule has 7 heteroatoms. The van der Waals surface area contributed by atoms with Gasteiger partial charge in [0.25, 0.3) is 5.82 Å². The van der Waals surface area contributed by atoms with Gasteiger partial charge in [0.2, 0.25) is 0 Å². The number of benzene rings is 1. The van der Waals surface area contributed by atoms with E-state index in [0.29, 0.717) is 12.1 Å². The molecule has 24 heavy (non-hydrogen) atoms. The number of aryl methyl sites for hydroxylation is 2. The Hall–Kier alpha value is -2.96. The number of fused-ring (bicyclic) bond motifs is 2. The second kappa shape index (κ2) is 5.59. The first kappa shape index (κ1) is 14.6. The molecule has 3 aromatic rings. The summed E-state index contributed by atoms with van der Waals surface area (Å²) in [6.45, 7) is 0.324. The van der Waals surface area contributed by atoms with Crippen molar-refractivity contribution >= 4 is 16.9 Å². The first-order valence-corrected chi connectivity index (χ1v) is 7.70. The van der Waals surface area contributed by atoms with Crippen LogP contribution in [0.4, 0.5) is 0 Å². The standard InChI is InChI=1S/C17H15N3O4/c1-23-17(22)16-18-9-20(19-16)8-12-7-15(21)24-14-6-11-4-2-3-10(11)5-13(12)14/h5-7,9H,2-4,8H2,1H3. The molecule has 7 nitrogen and oxygen atoms in total. The van der Waals surface area contributed by atoms with Crippen molar-refractivity contribution in [2.75, 3.05) is 7.11 Å². The maximum absolute atomic E-state index is 11.9. The summed E-state index contributed by atoms with van der Waals surface area (Å²) in [6.07, 6.45) is 4.63. The third-order valence-corrected chi connectivity index (χ3v) is 4.28. The van der Waals surface area contributed by atoms with Crippen molar-refractivity contribution in [3.63, 3.8) is 0 Å². The Bertz CT molecular complexity index is 1000. The van der Waals surface area contributed by atoms with Crippen LogP contribution in [0.25, 0.3) is 11.0 Å². The molecule has 0 bridgehead atoms. The number of rotatable bonds is 3. The van der Waals surface area contributed by atoms with Crippen LogP contribution in [0.3, 0.4) is 0 Å². The molecule has 4 rings (SSSR count). The molecule has 0 saturated carbocycles. The topological polar surface area (TPSA) is 87.2 Å². The Morgan fingerprint density at radius 3 is 2.88 bits per heavy atom. The fraction of sp³-hybridized carbons (Fsp3) is 0.294. The minimum absolute atomic E-state index is 0.00865. The summed E-state index contributed by atoms with van der Waals surface area (Å²) >= 11 is 0. The largest absolute Gasteiger partial charge is 0.463 e. The summed E-state index contributed by atoms with van der Waals surface area (Å²) in [5, 5.41) is 4.98. The van der Waals surface area contributed by atoms with Crippen LogP contribution in [0, 0.1) is 0 Å².